The second-order valence-corrected chi connectivity index (χ2v) is 5.54. The summed E-state index contributed by atoms with van der Waals surface area (Å²) in [6.07, 6.45) is 1.21. The minimum atomic E-state index is 0.632. The standard InChI is InChI=1S/C16H28N2/c1-14(2)18(15(3)4)13-9-12-17(5)16-10-7-6-8-11-16/h6-8,10-11,14-15H,9,12-13H2,1-5H3. The first-order valence-corrected chi connectivity index (χ1v) is 7.04. The van der Waals surface area contributed by atoms with Gasteiger partial charge in [-0.2, -0.15) is 0 Å². The Hall–Kier alpha value is -1.02. The van der Waals surface area contributed by atoms with E-state index in [0.29, 0.717) is 12.1 Å². The summed E-state index contributed by atoms with van der Waals surface area (Å²) in [6.45, 7) is 11.4. The maximum atomic E-state index is 2.55. The van der Waals surface area contributed by atoms with Gasteiger partial charge < -0.3 is 4.90 Å². The molecule has 0 saturated heterocycles. The molecule has 0 bridgehead atoms. The van der Waals surface area contributed by atoms with Gasteiger partial charge in [-0.25, -0.2) is 0 Å². The third kappa shape index (κ3) is 4.69. The minimum Gasteiger partial charge on any atom is -0.375 e. The van der Waals surface area contributed by atoms with Crippen molar-refractivity contribution < 1.29 is 0 Å². The molecule has 0 unspecified atom stereocenters. The van der Waals surface area contributed by atoms with Crippen molar-refractivity contribution in [2.45, 2.75) is 46.2 Å². The Balaban J connectivity index is 2.37. The van der Waals surface area contributed by atoms with E-state index in [-0.39, 0.29) is 0 Å². The van der Waals surface area contributed by atoms with Gasteiger partial charge in [0, 0.05) is 37.9 Å². The maximum Gasteiger partial charge on any atom is 0.0363 e. The lowest BCUT2D eigenvalue weighted by atomic mass is 10.2. The Morgan fingerprint density at radius 3 is 1.94 bits per heavy atom. The van der Waals surface area contributed by atoms with E-state index >= 15 is 0 Å². The molecule has 0 N–H and O–H groups in total. The van der Waals surface area contributed by atoms with Gasteiger partial charge in [0.2, 0.25) is 0 Å². The molecule has 1 rings (SSSR count). The van der Waals surface area contributed by atoms with Crippen molar-refractivity contribution in [1.29, 1.82) is 0 Å². The van der Waals surface area contributed by atoms with Gasteiger partial charge in [-0.1, -0.05) is 18.2 Å². The summed E-state index contributed by atoms with van der Waals surface area (Å²) in [7, 11) is 2.17. The average Bonchev–Trinajstić information content (AvgIpc) is 2.34. The average molecular weight is 248 g/mol. The summed E-state index contributed by atoms with van der Waals surface area (Å²) >= 11 is 0. The number of nitrogens with zero attached hydrogens (tertiary/aromatic N) is 2. The van der Waals surface area contributed by atoms with Crippen LogP contribution in [0.5, 0.6) is 0 Å². The molecule has 0 radical (unpaired) electrons. The molecule has 2 nitrogen and oxygen atoms in total. The molecule has 1 aromatic carbocycles. The molecule has 0 fully saturated rings. The SMILES string of the molecule is CC(C)N(CCCN(C)c1ccccc1)C(C)C. The largest absolute Gasteiger partial charge is 0.375 e. The number of hydrogen-bond acceptors (Lipinski definition) is 2. The Bertz CT molecular complexity index is 311. The molecule has 0 amide bonds. The van der Waals surface area contributed by atoms with Crippen LogP contribution in [-0.4, -0.2) is 37.1 Å². The van der Waals surface area contributed by atoms with Crippen LogP contribution in [0.4, 0.5) is 5.69 Å². The lowest BCUT2D eigenvalue weighted by molar-refractivity contribution is 0.174. The van der Waals surface area contributed by atoms with Crippen molar-refractivity contribution in [2.24, 2.45) is 0 Å². The molecule has 2 heteroatoms. The molecule has 0 atom stereocenters. The zero-order chi connectivity index (χ0) is 13.5. The quantitative estimate of drug-likeness (QED) is 0.727. The van der Waals surface area contributed by atoms with Gasteiger partial charge in [-0.05, 0) is 46.2 Å². The van der Waals surface area contributed by atoms with E-state index < -0.39 is 0 Å². The van der Waals surface area contributed by atoms with E-state index in [0.717, 1.165) is 6.54 Å². The van der Waals surface area contributed by atoms with Gasteiger partial charge in [-0.15, -0.1) is 0 Å². The third-order valence-electron chi connectivity index (χ3n) is 3.43. The Labute approximate surface area is 113 Å². The number of hydrogen-bond donors (Lipinski definition) is 0. The highest BCUT2D eigenvalue weighted by Crippen LogP contribution is 2.12. The van der Waals surface area contributed by atoms with Crippen molar-refractivity contribution in [3.8, 4) is 0 Å². The van der Waals surface area contributed by atoms with Crippen LogP contribution in [0.15, 0.2) is 30.3 Å². The zero-order valence-corrected chi connectivity index (χ0v) is 12.6. The lowest BCUT2D eigenvalue weighted by Gasteiger charge is -2.31. The normalized spacial score (nSPS) is 11.6. The molecular weight excluding hydrogens is 220 g/mol. The second kappa shape index (κ2) is 7.42. The summed E-state index contributed by atoms with van der Waals surface area (Å²) in [6, 6.07) is 11.9. The molecule has 0 heterocycles. The van der Waals surface area contributed by atoms with Crippen LogP contribution in [0, 0.1) is 0 Å². The fourth-order valence-electron chi connectivity index (χ4n) is 2.41. The van der Waals surface area contributed by atoms with Crippen LogP contribution >= 0.6 is 0 Å². The monoisotopic (exact) mass is 248 g/mol. The number of para-hydroxylation sites is 1. The lowest BCUT2D eigenvalue weighted by Crippen LogP contribution is -2.38. The first kappa shape index (κ1) is 15.0. The van der Waals surface area contributed by atoms with E-state index in [2.05, 4.69) is 74.9 Å². The topological polar surface area (TPSA) is 6.48 Å². The van der Waals surface area contributed by atoms with Crippen LogP contribution in [-0.2, 0) is 0 Å². The summed E-state index contributed by atoms with van der Waals surface area (Å²) in [5.41, 5.74) is 1.30. The molecule has 18 heavy (non-hydrogen) atoms. The molecule has 0 aromatic heterocycles. The van der Waals surface area contributed by atoms with E-state index in [1.165, 1.54) is 18.7 Å². The van der Waals surface area contributed by atoms with E-state index in [1.807, 2.05) is 0 Å². The van der Waals surface area contributed by atoms with Gasteiger partial charge in [0.05, 0.1) is 0 Å². The van der Waals surface area contributed by atoms with Crippen molar-refractivity contribution in [3.63, 3.8) is 0 Å². The van der Waals surface area contributed by atoms with Crippen molar-refractivity contribution >= 4 is 5.69 Å². The molecule has 102 valence electrons. The van der Waals surface area contributed by atoms with E-state index in [9.17, 15) is 0 Å². The molecule has 1 aromatic rings. The van der Waals surface area contributed by atoms with Gasteiger partial charge in [0.15, 0.2) is 0 Å². The van der Waals surface area contributed by atoms with Crippen molar-refractivity contribution in [1.82, 2.24) is 4.90 Å². The summed E-state index contributed by atoms with van der Waals surface area (Å²) < 4.78 is 0. The molecule has 0 spiro atoms. The minimum absolute atomic E-state index is 0.632. The highest BCUT2D eigenvalue weighted by molar-refractivity contribution is 5.44. The molecule has 0 aliphatic heterocycles. The number of rotatable bonds is 7. The molecule has 0 aliphatic carbocycles. The predicted octanol–water partition coefficient (Wildman–Crippen LogP) is 3.63. The van der Waals surface area contributed by atoms with Gasteiger partial charge in [-0.3, -0.25) is 4.90 Å². The molecule has 0 saturated carbocycles. The number of benzene rings is 1. The highest BCUT2D eigenvalue weighted by Gasteiger charge is 2.12. The van der Waals surface area contributed by atoms with Crippen LogP contribution in [0.25, 0.3) is 0 Å². The van der Waals surface area contributed by atoms with Crippen LogP contribution in [0.1, 0.15) is 34.1 Å². The zero-order valence-electron chi connectivity index (χ0n) is 12.6. The number of anilines is 1. The second-order valence-electron chi connectivity index (χ2n) is 5.54. The summed E-state index contributed by atoms with van der Waals surface area (Å²) in [5.74, 6) is 0. The first-order valence-electron chi connectivity index (χ1n) is 7.04. The van der Waals surface area contributed by atoms with Crippen molar-refractivity contribution in [3.05, 3.63) is 30.3 Å². The fourth-order valence-corrected chi connectivity index (χ4v) is 2.41. The van der Waals surface area contributed by atoms with Crippen LogP contribution in [0.2, 0.25) is 0 Å². The smallest absolute Gasteiger partial charge is 0.0363 e. The Morgan fingerprint density at radius 2 is 1.44 bits per heavy atom. The van der Waals surface area contributed by atoms with Gasteiger partial charge in [0.25, 0.3) is 0 Å². The van der Waals surface area contributed by atoms with Crippen LogP contribution < -0.4 is 4.90 Å². The van der Waals surface area contributed by atoms with Crippen molar-refractivity contribution in [2.75, 3.05) is 25.0 Å². The Morgan fingerprint density at radius 1 is 0.889 bits per heavy atom. The molecule has 0 aliphatic rings. The molecular formula is C16H28N2. The first-order chi connectivity index (χ1) is 8.52. The fraction of sp³-hybridized carbons (Fsp3) is 0.625. The highest BCUT2D eigenvalue weighted by atomic mass is 15.2. The van der Waals surface area contributed by atoms with Crippen LogP contribution in [0.3, 0.4) is 0 Å². The predicted molar refractivity (Wildman–Crippen MR) is 81.3 cm³/mol. The third-order valence-corrected chi connectivity index (χ3v) is 3.43. The maximum absolute atomic E-state index is 2.55. The van der Waals surface area contributed by atoms with Gasteiger partial charge >= 0.3 is 0 Å². The van der Waals surface area contributed by atoms with E-state index in [1.54, 1.807) is 0 Å². The summed E-state index contributed by atoms with van der Waals surface area (Å²) in [4.78, 5) is 4.89. The van der Waals surface area contributed by atoms with Gasteiger partial charge in [0.1, 0.15) is 0 Å². The summed E-state index contributed by atoms with van der Waals surface area (Å²) in [5, 5.41) is 0. The van der Waals surface area contributed by atoms with E-state index in [4.69, 9.17) is 0 Å². The Kier molecular flexibility index (Phi) is 6.20.